The number of nitrogens with two attached hydrogens (primary N) is 1. The molecule has 2 rings (SSSR count). The zero-order valence-corrected chi connectivity index (χ0v) is 13.8. The Hall–Kier alpha value is -0.580. The van der Waals surface area contributed by atoms with Gasteiger partial charge in [-0.2, -0.15) is 0 Å². The van der Waals surface area contributed by atoms with Crippen LogP contribution in [0.3, 0.4) is 0 Å². The van der Waals surface area contributed by atoms with E-state index in [1.54, 1.807) is 7.11 Å². The number of methoxy groups -OCH3 is 1. The number of hydrogen-bond donors (Lipinski definition) is 1. The van der Waals surface area contributed by atoms with Crippen molar-refractivity contribution in [3.63, 3.8) is 0 Å². The smallest absolute Gasteiger partial charge is 0.127 e. The van der Waals surface area contributed by atoms with Crippen molar-refractivity contribution >= 4 is 15.9 Å². The predicted octanol–water partition coefficient (Wildman–Crippen LogP) is 3.03. The van der Waals surface area contributed by atoms with Crippen molar-refractivity contribution in [3.05, 3.63) is 27.2 Å². The second-order valence-corrected chi connectivity index (χ2v) is 6.39. The van der Waals surface area contributed by atoms with Crippen molar-refractivity contribution < 1.29 is 4.74 Å². The van der Waals surface area contributed by atoms with Gasteiger partial charge in [-0.3, -0.25) is 4.90 Å². The second kappa shape index (κ2) is 5.81. The number of rotatable bonds is 3. The molecule has 0 bridgehead atoms. The van der Waals surface area contributed by atoms with Crippen LogP contribution in [0, 0.1) is 19.8 Å². The SMILES string of the molecule is COc1c(C)c(Br)cc(C)c1C1CC(CN)CN1C. The molecule has 1 aliphatic heterocycles. The van der Waals surface area contributed by atoms with Crippen molar-refractivity contribution in [2.45, 2.75) is 26.3 Å². The molecule has 2 atom stereocenters. The Morgan fingerprint density at radius 2 is 2.16 bits per heavy atom. The van der Waals surface area contributed by atoms with E-state index >= 15 is 0 Å². The van der Waals surface area contributed by atoms with E-state index in [0.29, 0.717) is 12.0 Å². The summed E-state index contributed by atoms with van der Waals surface area (Å²) < 4.78 is 6.79. The standard InChI is InChI=1S/C15H23BrN2O/c1-9-5-12(16)10(2)15(19-4)14(9)13-6-11(7-17)8-18(13)3/h5,11,13H,6-8,17H2,1-4H3. The lowest BCUT2D eigenvalue weighted by molar-refractivity contribution is 0.301. The summed E-state index contributed by atoms with van der Waals surface area (Å²) >= 11 is 3.61. The van der Waals surface area contributed by atoms with E-state index in [2.05, 4.69) is 47.8 Å². The minimum atomic E-state index is 0.412. The quantitative estimate of drug-likeness (QED) is 0.927. The van der Waals surface area contributed by atoms with Crippen LogP contribution in [0.5, 0.6) is 5.75 Å². The summed E-state index contributed by atoms with van der Waals surface area (Å²) in [5.41, 5.74) is 9.61. The van der Waals surface area contributed by atoms with Gasteiger partial charge in [-0.1, -0.05) is 15.9 Å². The first-order valence-electron chi connectivity index (χ1n) is 6.73. The zero-order chi connectivity index (χ0) is 14.2. The minimum Gasteiger partial charge on any atom is -0.496 e. The van der Waals surface area contributed by atoms with Gasteiger partial charge in [0.25, 0.3) is 0 Å². The van der Waals surface area contributed by atoms with Crippen molar-refractivity contribution in [1.29, 1.82) is 0 Å². The molecule has 0 aliphatic carbocycles. The maximum atomic E-state index is 5.83. The molecule has 3 nitrogen and oxygen atoms in total. The molecule has 1 aromatic rings. The molecule has 2 N–H and O–H groups in total. The molecule has 0 aromatic heterocycles. The fourth-order valence-electron chi connectivity index (χ4n) is 3.16. The van der Waals surface area contributed by atoms with Gasteiger partial charge in [0.15, 0.2) is 0 Å². The van der Waals surface area contributed by atoms with Crippen LogP contribution in [0.4, 0.5) is 0 Å². The Morgan fingerprint density at radius 3 is 2.68 bits per heavy atom. The second-order valence-electron chi connectivity index (χ2n) is 5.54. The van der Waals surface area contributed by atoms with Gasteiger partial charge in [-0.25, -0.2) is 0 Å². The largest absolute Gasteiger partial charge is 0.496 e. The van der Waals surface area contributed by atoms with Gasteiger partial charge in [-0.15, -0.1) is 0 Å². The normalized spacial score (nSPS) is 23.9. The van der Waals surface area contributed by atoms with Crippen molar-refractivity contribution in [2.24, 2.45) is 11.7 Å². The molecule has 19 heavy (non-hydrogen) atoms. The lowest BCUT2D eigenvalue weighted by atomic mass is 9.93. The van der Waals surface area contributed by atoms with Crippen LogP contribution in [0.25, 0.3) is 0 Å². The third-order valence-corrected chi connectivity index (χ3v) is 5.04. The van der Waals surface area contributed by atoms with Crippen LogP contribution in [0.2, 0.25) is 0 Å². The van der Waals surface area contributed by atoms with E-state index < -0.39 is 0 Å². The van der Waals surface area contributed by atoms with Gasteiger partial charge < -0.3 is 10.5 Å². The first-order chi connectivity index (χ1) is 8.99. The van der Waals surface area contributed by atoms with Crippen LogP contribution in [-0.4, -0.2) is 32.1 Å². The Kier molecular flexibility index (Phi) is 4.54. The first kappa shape index (κ1) is 14.8. The topological polar surface area (TPSA) is 38.5 Å². The summed E-state index contributed by atoms with van der Waals surface area (Å²) in [5.74, 6) is 1.60. The number of aryl methyl sites for hydroxylation is 1. The van der Waals surface area contributed by atoms with Crippen LogP contribution < -0.4 is 10.5 Å². The van der Waals surface area contributed by atoms with E-state index in [4.69, 9.17) is 10.5 Å². The van der Waals surface area contributed by atoms with Gasteiger partial charge in [0, 0.05) is 28.2 Å². The molecule has 0 amide bonds. The zero-order valence-electron chi connectivity index (χ0n) is 12.2. The number of nitrogens with zero attached hydrogens (tertiary/aromatic N) is 1. The molecule has 1 aromatic carbocycles. The molecular weight excluding hydrogens is 304 g/mol. The summed E-state index contributed by atoms with van der Waals surface area (Å²) in [6.45, 7) is 6.09. The van der Waals surface area contributed by atoms with Crippen molar-refractivity contribution in [1.82, 2.24) is 4.90 Å². The lowest BCUT2D eigenvalue weighted by Crippen LogP contribution is -2.21. The molecule has 106 valence electrons. The Morgan fingerprint density at radius 1 is 1.47 bits per heavy atom. The number of halogens is 1. The average Bonchev–Trinajstić information content (AvgIpc) is 2.74. The molecule has 1 heterocycles. The molecular formula is C15H23BrN2O. The van der Waals surface area contributed by atoms with Crippen molar-refractivity contribution in [3.8, 4) is 5.75 Å². The summed E-state index contributed by atoms with van der Waals surface area (Å²) in [5, 5.41) is 0. The maximum Gasteiger partial charge on any atom is 0.127 e. The highest BCUT2D eigenvalue weighted by Crippen LogP contribution is 2.43. The minimum absolute atomic E-state index is 0.412. The van der Waals surface area contributed by atoms with E-state index in [-0.39, 0.29) is 0 Å². The molecule has 0 spiro atoms. The average molecular weight is 327 g/mol. The third kappa shape index (κ3) is 2.67. The fraction of sp³-hybridized carbons (Fsp3) is 0.600. The van der Waals surface area contributed by atoms with Crippen LogP contribution >= 0.6 is 15.9 Å². The molecule has 0 radical (unpaired) electrons. The highest BCUT2D eigenvalue weighted by Gasteiger charge is 2.33. The van der Waals surface area contributed by atoms with Crippen molar-refractivity contribution in [2.75, 3.05) is 27.2 Å². The number of hydrogen-bond acceptors (Lipinski definition) is 3. The number of benzene rings is 1. The monoisotopic (exact) mass is 326 g/mol. The fourth-order valence-corrected chi connectivity index (χ4v) is 3.68. The van der Waals surface area contributed by atoms with Gasteiger partial charge in [-0.05, 0) is 51.4 Å². The first-order valence-corrected chi connectivity index (χ1v) is 7.52. The number of ether oxygens (including phenoxy) is 1. The summed E-state index contributed by atoms with van der Waals surface area (Å²) in [7, 11) is 3.93. The summed E-state index contributed by atoms with van der Waals surface area (Å²) in [6.07, 6.45) is 1.12. The summed E-state index contributed by atoms with van der Waals surface area (Å²) in [4.78, 5) is 2.40. The Bertz CT molecular complexity index is 476. The maximum absolute atomic E-state index is 5.83. The highest BCUT2D eigenvalue weighted by atomic mass is 79.9. The Labute approximate surface area is 124 Å². The van der Waals surface area contributed by atoms with E-state index in [1.165, 1.54) is 16.7 Å². The molecule has 1 aliphatic rings. The Balaban J connectivity index is 2.47. The van der Waals surface area contributed by atoms with Crippen LogP contribution in [0.15, 0.2) is 10.5 Å². The molecule has 2 unspecified atom stereocenters. The van der Waals surface area contributed by atoms with Gasteiger partial charge >= 0.3 is 0 Å². The van der Waals surface area contributed by atoms with Gasteiger partial charge in [0.05, 0.1) is 7.11 Å². The van der Waals surface area contributed by atoms with E-state index in [0.717, 1.165) is 29.7 Å². The molecule has 0 saturated carbocycles. The van der Waals surface area contributed by atoms with Crippen LogP contribution in [-0.2, 0) is 0 Å². The predicted molar refractivity (Wildman–Crippen MR) is 82.7 cm³/mol. The van der Waals surface area contributed by atoms with Gasteiger partial charge in [0.1, 0.15) is 5.75 Å². The molecule has 1 saturated heterocycles. The lowest BCUT2D eigenvalue weighted by Gasteiger charge is -2.25. The van der Waals surface area contributed by atoms with E-state index in [1.807, 2.05) is 0 Å². The van der Waals surface area contributed by atoms with Crippen LogP contribution in [0.1, 0.15) is 29.2 Å². The van der Waals surface area contributed by atoms with Gasteiger partial charge in [0.2, 0.25) is 0 Å². The van der Waals surface area contributed by atoms with E-state index in [9.17, 15) is 0 Å². The number of likely N-dealkylation sites (tertiary alicyclic amines) is 1. The highest BCUT2D eigenvalue weighted by molar-refractivity contribution is 9.10. The third-order valence-electron chi connectivity index (χ3n) is 4.22. The molecule has 1 fully saturated rings. The summed E-state index contributed by atoms with van der Waals surface area (Å²) in [6, 6.07) is 2.60. The molecule has 4 heteroatoms.